The molecule has 2 rings (SSSR count). The summed E-state index contributed by atoms with van der Waals surface area (Å²) in [5.74, 6) is -1.69. The molecule has 1 atom stereocenters. The van der Waals surface area contributed by atoms with E-state index in [-0.39, 0.29) is 5.92 Å². The predicted octanol–water partition coefficient (Wildman–Crippen LogP) is 2.73. The number of hydrogen-bond donors (Lipinski definition) is 2. The van der Waals surface area contributed by atoms with E-state index in [1.807, 2.05) is 35.6 Å². The minimum Gasteiger partial charge on any atom is -0.448 e. The fourth-order valence-electron chi connectivity index (χ4n) is 2.30. The number of ether oxygens (including phenoxy) is 1. The van der Waals surface area contributed by atoms with Gasteiger partial charge in [-0.3, -0.25) is 10.1 Å². The standard InChI is InChI=1S/C19H20N2O4/c1-12(2)16(17(22)21-19(20)24)25-18(23)15-10-8-14(9-11-15)13-6-4-3-5-7-13/h3-12,16H,1-2H3,(H3,20,21,22,24). The van der Waals surface area contributed by atoms with Gasteiger partial charge in [-0.15, -0.1) is 0 Å². The number of carbonyl (C=O) groups excluding carboxylic acids is 3. The van der Waals surface area contributed by atoms with Crippen molar-refractivity contribution < 1.29 is 19.1 Å². The molecule has 0 saturated carbocycles. The van der Waals surface area contributed by atoms with E-state index in [0.29, 0.717) is 5.56 Å². The van der Waals surface area contributed by atoms with Crippen LogP contribution in [0, 0.1) is 5.92 Å². The molecular weight excluding hydrogens is 320 g/mol. The van der Waals surface area contributed by atoms with Crippen molar-refractivity contribution in [3.05, 3.63) is 60.2 Å². The van der Waals surface area contributed by atoms with Gasteiger partial charge in [0.1, 0.15) is 0 Å². The number of esters is 1. The Kier molecular flexibility index (Phi) is 5.89. The second-order valence-electron chi connectivity index (χ2n) is 5.87. The Labute approximate surface area is 146 Å². The highest BCUT2D eigenvalue weighted by atomic mass is 16.5. The quantitative estimate of drug-likeness (QED) is 0.818. The highest BCUT2D eigenvalue weighted by molar-refractivity contribution is 5.98. The molecule has 0 aliphatic heterocycles. The zero-order valence-electron chi connectivity index (χ0n) is 14.1. The van der Waals surface area contributed by atoms with Crippen LogP contribution >= 0.6 is 0 Å². The van der Waals surface area contributed by atoms with Gasteiger partial charge in [-0.2, -0.15) is 0 Å². The van der Waals surface area contributed by atoms with Gasteiger partial charge in [-0.1, -0.05) is 56.3 Å². The number of benzene rings is 2. The fourth-order valence-corrected chi connectivity index (χ4v) is 2.30. The van der Waals surface area contributed by atoms with Crippen molar-refractivity contribution in [2.24, 2.45) is 11.7 Å². The third-order valence-electron chi connectivity index (χ3n) is 3.57. The van der Waals surface area contributed by atoms with E-state index < -0.39 is 24.0 Å². The van der Waals surface area contributed by atoms with E-state index >= 15 is 0 Å². The van der Waals surface area contributed by atoms with Crippen LogP contribution in [-0.2, 0) is 9.53 Å². The van der Waals surface area contributed by atoms with E-state index in [9.17, 15) is 14.4 Å². The van der Waals surface area contributed by atoms with Gasteiger partial charge in [0.2, 0.25) is 0 Å². The van der Waals surface area contributed by atoms with E-state index in [1.165, 1.54) is 0 Å². The SMILES string of the molecule is CC(C)C(OC(=O)c1ccc(-c2ccccc2)cc1)C(=O)NC(N)=O. The maximum absolute atomic E-state index is 12.3. The zero-order valence-corrected chi connectivity index (χ0v) is 14.1. The van der Waals surface area contributed by atoms with Crippen molar-refractivity contribution in [1.29, 1.82) is 0 Å². The van der Waals surface area contributed by atoms with E-state index in [0.717, 1.165) is 11.1 Å². The van der Waals surface area contributed by atoms with Crippen molar-refractivity contribution in [1.82, 2.24) is 5.32 Å². The van der Waals surface area contributed by atoms with Crippen LogP contribution in [0.15, 0.2) is 54.6 Å². The molecule has 25 heavy (non-hydrogen) atoms. The van der Waals surface area contributed by atoms with E-state index in [1.54, 1.807) is 38.1 Å². The zero-order chi connectivity index (χ0) is 18.4. The molecule has 2 aromatic rings. The lowest BCUT2D eigenvalue weighted by Gasteiger charge is -2.19. The number of imide groups is 1. The fraction of sp³-hybridized carbons (Fsp3) is 0.211. The van der Waals surface area contributed by atoms with Crippen LogP contribution in [0.5, 0.6) is 0 Å². The van der Waals surface area contributed by atoms with Crippen molar-refractivity contribution in [3.63, 3.8) is 0 Å². The van der Waals surface area contributed by atoms with Crippen LogP contribution in [0.3, 0.4) is 0 Å². The van der Waals surface area contributed by atoms with Gasteiger partial charge >= 0.3 is 12.0 Å². The van der Waals surface area contributed by atoms with Crippen LogP contribution < -0.4 is 11.1 Å². The maximum Gasteiger partial charge on any atom is 0.338 e. The molecule has 0 aromatic heterocycles. The molecule has 0 saturated heterocycles. The number of carbonyl (C=O) groups is 3. The first-order valence-electron chi connectivity index (χ1n) is 7.85. The van der Waals surface area contributed by atoms with Crippen LogP contribution in [0.25, 0.3) is 11.1 Å². The number of nitrogens with two attached hydrogens (primary N) is 1. The minimum absolute atomic E-state index is 0.313. The third-order valence-corrected chi connectivity index (χ3v) is 3.57. The molecule has 3 amide bonds. The lowest BCUT2D eigenvalue weighted by atomic mass is 10.0. The number of rotatable bonds is 5. The molecule has 0 heterocycles. The Morgan fingerprint density at radius 1 is 0.920 bits per heavy atom. The minimum atomic E-state index is -1.10. The molecular formula is C19H20N2O4. The molecule has 0 bridgehead atoms. The molecule has 3 N–H and O–H groups in total. The van der Waals surface area contributed by atoms with Gasteiger partial charge in [-0.05, 0) is 29.2 Å². The molecule has 0 radical (unpaired) electrons. The van der Waals surface area contributed by atoms with E-state index in [2.05, 4.69) is 0 Å². The number of primary amides is 1. The molecule has 130 valence electrons. The van der Waals surface area contributed by atoms with Crippen LogP contribution in [0.2, 0.25) is 0 Å². The first-order chi connectivity index (χ1) is 11.9. The van der Waals surface area contributed by atoms with Gasteiger partial charge < -0.3 is 10.5 Å². The monoisotopic (exact) mass is 340 g/mol. The smallest absolute Gasteiger partial charge is 0.338 e. The molecule has 0 spiro atoms. The summed E-state index contributed by atoms with van der Waals surface area (Å²) in [6.07, 6.45) is -1.10. The average Bonchev–Trinajstić information content (AvgIpc) is 2.59. The lowest BCUT2D eigenvalue weighted by molar-refractivity contribution is -0.130. The van der Waals surface area contributed by atoms with Gasteiger partial charge in [0.25, 0.3) is 5.91 Å². The maximum atomic E-state index is 12.3. The van der Waals surface area contributed by atoms with Crippen molar-refractivity contribution >= 4 is 17.9 Å². The van der Waals surface area contributed by atoms with Crippen LogP contribution in [0.1, 0.15) is 24.2 Å². The predicted molar refractivity (Wildman–Crippen MR) is 93.6 cm³/mol. The van der Waals surface area contributed by atoms with Gasteiger partial charge in [-0.25, -0.2) is 9.59 Å². The highest BCUT2D eigenvalue weighted by Crippen LogP contribution is 2.20. The summed E-state index contributed by atoms with van der Waals surface area (Å²) in [5, 5.41) is 1.93. The lowest BCUT2D eigenvalue weighted by Crippen LogP contribution is -2.45. The molecule has 0 aliphatic rings. The number of nitrogens with one attached hydrogen (secondary N) is 1. The summed E-state index contributed by atoms with van der Waals surface area (Å²) in [6, 6.07) is 15.6. The summed E-state index contributed by atoms with van der Waals surface area (Å²) in [5.41, 5.74) is 7.24. The number of urea groups is 1. The van der Waals surface area contributed by atoms with Gasteiger partial charge in [0, 0.05) is 0 Å². The molecule has 6 nitrogen and oxygen atoms in total. The van der Waals surface area contributed by atoms with Gasteiger partial charge in [0.05, 0.1) is 5.56 Å². The Hall–Kier alpha value is -3.15. The average molecular weight is 340 g/mol. The Balaban J connectivity index is 2.11. The molecule has 2 aromatic carbocycles. The molecule has 0 aliphatic carbocycles. The Bertz CT molecular complexity index is 755. The Morgan fingerprint density at radius 2 is 1.48 bits per heavy atom. The molecule has 0 fully saturated rings. The van der Waals surface area contributed by atoms with Crippen LogP contribution in [0.4, 0.5) is 4.79 Å². The number of hydrogen-bond acceptors (Lipinski definition) is 4. The van der Waals surface area contributed by atoms with E-state index in [4.69, 9.17) is 10.5 Å². The van der Waals surface area contributed by atoms with Crippen molar-refractivity contribution in [3.8, 4) is 11.1 Å². The van der Waals surface area contributed by atoms with Crippen LogP contribution in [-0.4, -0.2) is 24.0 Å². The normalized spacial score (nSPS) is 11.6. The molecule has 1 unspecified atom stereocenters. The number of amides is 3. The summed E-state index contributed by atoms with van der Waals surface area (Å²) >= 11 is 0. The summed E-state index contributed by atoms with van der Waals surface area (Å²) in [7, 11) is 0. The second-order valence-corrected chi connectivity index (χ2v) is 5.87. The van der Waals surface area contributed by atoms with Crippen molar-refractivity contribution in [2.45, 2.75) is 20.0 Å². The second kappa shape index (κ2) is 8.10. The third kappa shape index (κ3) is 4.91. The van der Waals surface area contributed by atoms with Crippen molar-refractivity contribution in [2.75, 3.05) is 0 Å². The topological polar surface area (TPSA) is 98.5 Å². The summed E-state index contributed by atoms with van der Waals surface area (Å²) in [4.78, 5) is 35.0. The largest absolute Gasteiger partial charge is 0.448 e. The van der Waals surface area contributed by atoms with Gasteiger partial charge in [0.15, 0.2) is 6.10 Å². The summed E-state index contributed by atoms with van der Waals surface area (Å²) < 4.78 is 5.25. The summed E-state index contributed by atoms with van der Waals surface area (Å²) in [6.45, 7) is 3.41. The molecule has 6 heteroatoms. The highest BCUT2D eigenvalue weighted by Gasteiger charge is 2.27. The first kappa shape index (κ1) is 18.2. The Morgan fingerprint density at radius 3 is 2.00 bits per heavy atom. The first-order valence-corrected chi connectivity index (χ1v) is 7.85.